The topological polar surface area (TPSA) is 105 Å². The lowest BCUT2D eigenvalue weighted by atomic mass is 9.80. The van der Waals surface area contributed by atoms with Crippen LogP contribution in [-0.4, -0.2) is 41.8 Å². The minimum atomic E-state index is -0.842. The maximum Gasteiger partial charge on any atom is 0.407 e. The molecule has 2 aliphatic rings. The number of rotatable bonds is 6. The number of carbonyl (C=O) groups excluding carboxylic acids is 2. The highest BCUT2D eigenvalue weighted by molar-refractivity contribution is 5.86. The van der Waals surface area contributed by atoms with Crippen molar-refractivity contribution in [1.82, 2.24) is 10.6 Å². The summed E-state index contributed by atoms with van der Waals surface area (Å²) in [6.45, 7) is 1.75. The molecule has 0 aromatic heterocycles. The molecule has 1 fully saturated rings. The number of fused-ring (bicyclic) bond motifs is 3. The van der Waals surface area contributed by atoms with Crippen LogP contribution in [0.2, 0.25) is 0 Å². The smallest absolute Gasteiger partial charge is 0.407 e. The highest BCUT2D eigenvalue weighted by Crippen LogP contribution is 2.44. The van der Waals surface area contributed by atoms with Gasteiger partial charge < -0.3 is 20.5 Å². The second-order valence-electron chi connectivity index (χ2n) is 7.90. The number of hydrogen-bond acceptors (Lipinski definition) is 4. The third-order valence-electron chi connectivity index (χ3n) is 5.91. The Kier molecular flexibility index (Phi) is 5.44. The largest absolute Gasteiger partial charge is 0.481 e. The summed E-state index contributed by atoms with van der Waals surface area (Å²) < 4.78 is 5.45. The van der Waals surface area contributed by atoms with E-state index in [1.54, 1.807) is 6.92 Å². The zero-order valence-electron chi connectivity index (χ0n) is 16.6. The van der Waals surface area contributed by atoms with Gasteiger partial charge in [-0.2, -0.15) is 0 Å². The number of hydrogen-bond donors (Lipinski definition) is 3. The number of carboxylic acid groups (broad SMARTS) is 1. The monoisotopic (exact) mass is 408 g/mol. The summed E-state index contributed by atoms with van der Waals surface area (Å²) in [5.74, 6) is -1.64. The minimum absolute atomic E-state index is 0.0461. The Morgan fingerprint density at radius 1 is 1.03 bits per heavy atom. The van der Waals surface area contributed by atoms with Crippen molar-refractivity contribution in [2.45, 2.75) is 37.8 Å². The molecule has 7 nitrogen and oxygen atoms in total. The highest BCUT2D eigenvalue weighted by atomic mass is 16.5. The third kappa shape index (κ3) is 3.87. The summed E-state index contributed by atoms with van der Waals surface area (Å²) in [5, 5.41) is 14.2. The van der Waals surface area contributed by atoms with Gasteiger partial charge in [-0.3, -0.25) is 9.59 Å². The summed E-state index contributed by atoms with van der Waals surface area (Å²) in [4.78, 5) is 35.3. The quantitative estimate of drug-likeness (QED) is 0.682. The number of ether oxygens (including phenoxy) is 1. The molecule has 0 radical (unpaired) electrons. The first-order chi connectivity index (χ1) is 14.4. The van der Waals surface area contributed by atoms with Crippen molar-refractivity contribution in [2.75, 3.05) is 6.61 Å². The van der Waals surface area contributed by atoms with E-state index >= 15 is 0 Å². The van der Waals surface area contributed by atoms with Gasteiger partial charge in [0.1, 0.15) is 12.6 Å². The van der Waals surface area contributed by atoms with E-state index in [0.29, 0.717) is 12.8 Å². The molecule has 7 heteroatoms. The van der Waals surface area contributed by atoms with Crippen LogP contribution in [0.15, 0.2) is 48.5 Å². The fraction of sp³-hybridized carbons (Fsp3) is 0.348. The van der Waals surface area contributed by atoms with Gasteiger partial charge in [0.2, 0.25) is 5.91 Å². The van der Waals surface area contributed by atoms with Crippen LogP contribution in [-0.2, 0) is 14.3 Å². The Labute approximate surface area is 174 Å². The Hall–Kier alpha value is -3.35. The Morgan fingerprint density at radius 3 is 2.17 bits per heavy atom. The molecule has 0 aliphatic heterocycles. The first-order valence-corrected chi connectivity index (χ1v) is 10.1. The van der Waals surface area contributed by atoms with E-state index < -0.39 is 24.0 Å². The molecule has 2 aliphatic carbocycles. The molecule has 0 spiro atoms. The van der Waals surface area contributed by atoms with Gasteiger partial charge in [-0.15, -0.1) is 0 Å². The predicted molar refractivity (Wildman–Crippen MR) is 110 cm³/mol. The molecule has 156 valence electrons. The lowest BCUT2D eigenvalue weighted by molar-refractivity contribution is -0.146. The molecule has 2 aromatic rings. The zero-order chi connectivity index (χ0) is 21.3. The van der Waals surface area contributed by atoms with Gasteiger partial charge in [0, 0.05) is 12.0 Å². The van der Waals surface area contributed by atoms with Gasteiger partial charge in [-0.1, -0.05) is 48.5 Å². The van der Waals surface area contributed by atoms with Crippen molar-refractivity contribution in [3.8, 4) is 11.1 Å². The second-order valence-corrected chi connectivity index (χ2v) is 7.90. The molecular weight excluding hydrogens is 384 g/mol. The number of nitrogens with one attached hydrogen (secondary N) is 2. The number of carboxylic acids is 1. The Bertz CT molecular complexity index is 938. The van der Waals surface area contributed by atoms with Crippen LogP contribution < -0.4 is 10.6 Å². The summed E-state index contributed by atoms with van der Waals surface area (Å²) in [6, 6.07) is 15.2. The maximum atomic E-state index is 12.3. The lowest BCUT2D eigenvalue weighted by Gasteiger charge is -2.33. The standard InChI is InChI=1S/C23H24N2O5/c1-13(21(26)25-15-10-14(11-15)22(27)28)24-23(29)30-12-20-18-8-4-2-6-16(18)17-7-3-5-9-19(17)20/h2-9,13-15,20H,10-12H2,1H3,(H,24,29)(H,25,26)(H,27,28)/t13-,14?,15?/m0/s1. The van der Waals surface area contributed by atoms with Crippen LogP contribution in [0.4, 0.5) is 4.79 Å². The van der Waals surface area contributed by atoms with Crippen molar-refractivity contribution in [1.29, 1.82) is 0 Å². The zero-order valence-corrected chi connectivity index (χ0v) is 16.6. The second kappa shape index (κ2) is 8.18. The van der Waals surface area contributed by atoms with Gasteiger partial charge >= 0.3 is 12.1 Å². The first kappa shape index (κ1) is 19.9. The van der Waals surface area contributed by atoms with Crippen molar-refractivity contribution >= 4 is 18.0 Å². The molecule has 0 heterocycles. The van der Waals surface area contributed by atoms with E-state index in [1.807, 2.05) is 36.4 Å². The van der Waals surface area contributed by atoms with E-state index in [-0.39, 0.29) is 24.5 Å². The fourth-order valence-corrected chi connectivity index (χ4v) is 4.15. The molecule has 0 saturated heterocycles. The summed E-state index contributed by atoms with van der Waals surface area (Å²) in [7, 11) is 0. The molecule has 2 aromatic carbocycles. The van der Waals surface area contributed by atoms with Crippen LogP contribution in [0.1, 0.15) is 36.8 Å². The normalized spacial score (nSPS) is 20.3. The summed E-state index contributed by atoms with van der Waals surface area (Å²) >= 11 is 0. The Morgan fingerprint density at radius 2 is 1.60 bits per heavy atom. The van der Waals surface area contributed by atoms with Crippen LogP contribution in [0.3, 0.4) is 0 Å². The molecule has 0 unspecified atom stereocenters. The van der Waals surface area contributed by atoms with Gasteiger partial charge in [-0.25, -0.2) is 4.79 Å². The Balaban J connectivity index is 1.30. The summed E-state index contributed by atoms with van der Waals surface area (Å²) in [6.07, 6.45) is 0.175. The number of amides is 2. The van der Waals surface area contributed by atoms with Gasteiger partial charge in [0.05, 0.1) is 5.92 Å². The fourth-order valence-electron chi connectivity index (χ4n) is 4.15. The van der Waals surface area contributed by atoms with Crippen molar-refractivity contribution in [3.05, 3.63) is 59.7 Å². The van der Waals surface area contributed by atoms with Crippen molar-refractivity contribution in [2.24, 2.45) is 5.92 Å². The van der Waals surface area contributed by atoms with Crippen molar-refractivity contribution in [3.63, 3.8) is 0 Å². The molecule has 1 atom stereocenters. The lowest BCUT2D eigenvalue weighted by Crippen LogP contribution is -2.52. The van der Waals surface area contributed by atoms with Gasteiger partial charge in [0.25, 0.3) is 0 Å². The van der Waals surface area contributed by atoms with Gasteiger partial charge in [-0.05, 0) is 42.0 Å². The van der Waals surface area contributed by atoms with Crippen molar-refractivity contribution < 1.29 is 24.2 Å². The summed E-state index contributed by atoms with van der Waals surface area (Å²) in [5.41, 5.74) is 4.54. The molecule has 1 saturated carbocycles. The van der Waals surface area contributed by atoms with Gasteiger partial charge in [0.15, 0.2) is 0 Å². The van der Waals surface area contributed by atoms with E-state index in [0.717, 1.165) is 22.3 Å². The third-order valence-corrected chi connectivity index (χ3v) is 5.91. The van der Waals surface area contributed by atoms with E-state index in [4.69, 9.17) is 9.84 Å². The van der Waals surface area contributed by atoms with E-state index in [2.05, 4.69) is 22.8 Å². The van der Waals surface area contributed by atoms with Crippen LogP contribution in [0.5, 0.6) is 0 Å². The van der Waals surface area contributed by atoms with E-state index in [1.165, 1.54) is 0 Å². The minimum Gasteiger partial charge on any atom is -0.481 e. The predicted octanol–water partition coefficient (Wildman–Crippen LogP) is 2.89. The molecule has 2 amide bonds. The maximum absolute atomic E-state index is 12.3. The number of alkyl carbamates (subject to hydrolysis) is 1. The van der Waals surface area contributed by atoms with Crippen LogP contribution in [0.25, 0.3) is 11.1 Å². The first-order valence-electron chi connectivity index (χ1n) is 10.1. The average molecular weight is 408 g/mol. The highest BCUT2D eigenvalue weighted by Gasteiger charge is 2.36. The number of carbonyl (C=O) groups is 3. The molecule has 4 rings (SSSR count). The average Bonchev–Trinajstić information content (AvgIpc) is 3.02. The number of aliphatic carboxylic acids is 1. The van der Waals surface area contributed by atoms with E-state index in [9.17, 15) is 14.4 Å². The molecular formula is C23H24N2O5. The number of benzene rings is 2. The van der Waals surface area contributed by atoms with Crippen LogP contribution in [0, 0.1) is 5.92 Å². The molecule has 0 bridgehead atoms. The molecule has 3 N–H and O–H groups in total. The van der Waals surface area contributed by atoms with Crippen LogP contribution >= 0.6 is 0 Å². The SMILES string of the molecule is C[C@H](NC(=O)OCC1c2ccccc2-c2ccccc21)C(=O)NC1CC(C(=O)O)C1. The molecule has 30 heavy (non-hydrogen) atoms.